The zero-order chi connectivity index (χ0) is 30.5. The zero-order valence-corrected chi connectivity index (χ0v) is 25.0. The number of benzene rings is 2. The number of imidazole rings is 1. The summed E-state index contributed by atoms with van der Waals surface area (Å²) in [5.74, 6) is 0.493. The quantitative estimate of drug-likeness (QED) is 0.263. The van der Waals surface area contributed by atoms with E-state index in [2.05, 4.69) is 9.97 Å². The number of halogens is 1. The van der Waals surface area contributed by atoms with Gasteiger partial charge in [-0.3, -0.25) is 4.79 Å². The van der Waals surface area contributed by atoms with Gasteiger partial charge in [0.05, 0.1) is 28.4 Å². The lowest BCUT2D eigenvalue weighted by Gasteiger charge is -2.16. The summed E-state index contributed by atoms with van der Waals surface area (Å²) in [6, 6.07) is 11.2. The number of hydrogen-bond acceptors (Lipinski definition) is 7. The number of oxazole rings is 1. The van der Waals surface area contributed by atoms with E-state index in [4.69, 9.17) is 4.42 Å². The van der Waals surface area contributed by atoms with Crippen molar-refractivity contribution in [2.45, 2.75) is 52.2 Å². The molecule has 0 aliphatic rings. The molecular weight excluding hydrogens is 559 g/mol. The molecule has 0 amide bonds. The number of sulfone groups is 1. The number of aromatic nitrogens is 4. The van der Waals surface area contributed by atoms with Gasteiger partial charge in [0.2, 0.25) is 0 Å². The van der Waals surface area contributed by atoms with Crippen molar-refractivity contribution in [2.24, 2.45) is 0 Å². The van der Waals surface area contributed by atoms with Crippen LogP contribution in [-0.2, 0) is 16.4 Å². The third kappa shape index (κ3) is 5.21. The first-order chi connectivity index (χ1) is 19.8. The fraction of sp³-hybridized carbons (Fsp3) is 0.258. The second kappa shape index (κ2) is 10.8. The van der Waals surface area contributed by atoms with Crippen LogP contribution >= 0.6 is 0 Å². The van der Waals surface area contributed by atoms with Crippen LogP contribution in [-0.4, -0.2) is 38.9 Å². The normalized spacial score (nSPS) is 11.9. The predicted molar refractivity (Wildman–Crippen MR) is 158 cm³/mol. The second-order valence-electron chi connectivity index (χ2n) is 10.5. The minimum absolute atomic E-state index is 0.0822. The van der Waals surface area contributed by atoms with E-state index >= 15 is 4.39 Å². The van der Waals surface area contributed by atoms with Gasteiger partial charge < -0.3 is 18.7 Å². The number of rotatable bonds is 7. The first-order valence-corrected chi connectivity index (χ1v) is 15.2. The Bertz CT molecular complexity index is 2000. The lowest BCUT2D eigenvalue weighted by atomic mass is 9.97. The molecule has 11 heteroatoms. The highest BCUT2D eigenvalue weighted by Gasteiger charge is 2.24. The molecule has 0 atom stereocenters. The second-order valence-corrected chi connectivity index (χ2v) is 12.5. The number of hydrogen-bond donors (Lipinski definition) is 1. The summed E-state index contributed by atoms with van der Waals surface area (Å²) >= 11 is 0. The van der Waals surface area contributed by atoms with E-state index in [1.807, 2.05) is 44.5 Å². The van der Waals surface area contributed by atoms with E-state index in [0.29, 0.717) is 45.4 Å². The van der Waals surface area contributed by atoms with Gasteiger partial charge in [0.25, 0.3) is 5.56 Å². The fourth-order valence-electron chi connectivity index (χ4n) is 5.12. The van der Waals surface area contributed by atoms with Crippen molar-refractivity contribution in [3.63, 3.8) is 0 Å². The Morgan fingerprint density at radius 1 is 1.02 bits per heavy atom. The summed E-state index contributed by atoms with van der Waals surface area (Å²) in [7, 11) is -3.85. The van der Waals surface area contributed by atoms with Gasteiger partial charge in [0.1, 0.15) is 17.3 Å². The molecule has 0 aliphatic heterocycles. The van der Waals surface area contributed by atoms with Crippen LogP contribution in [0.4, 0.5) is 4.39 Å². The molecule has 3 aromatic heterocycles. The van der Waals surface area contributed by atoms with Crippen LogP contribution in [0, 0.1) is 26.6 Å². The lowest BCUT2D eigenvalue weighted by Crippen LogP contribution is -2.22. The third-order valence-electron chi connectivity index (χ3n) is 7.07. The average Bonchev–Trinajstić information content (AvgIpc) is 3.47. The molecule has 218 valence electrons. The van der Waals surface area contributed by atoms with Crippen LogP contribution in [0.15, 0.2) is 69.0 Å². The molecular formula is C31H31FN4O5S. The Kier molecular flexibility index (Phi) is 7.50. The van der Waals surface area contributed by atoms with E-state index in [0.717, 1.165) is 11.9 Å². The van der Waals surface area contributed by atoms with Crippen molar-refractivity contribution >= 4 is 9.84 Å². The monoisotopic (exact) mass is 590 g/mol. The third-order valence-corrected chi connectivity index (χ3v) is 8.23. The van der Waals surface area contributed by atoms with E-state index in [1.165, 1.54) is 12.1 Å². The number of pyridine rings is 1. The zero-order valence-electron chi connectivity index (χ0n) is 24.1. The Hall–Kier alpha value is -4.35. The molecule has 0 unspecified atom stereocenters. The molecule has 0 radical (unpaired) electrons. The maximum atomic E-state index is 15.1. The van der Waals surface area contributed by atoms with Crippen LogP contribution in [0.3, 0.4) is 0 Å². The number of aryl methyl sites for hydroxylation is 3. The molecule has 2 aromatic carbocycles. The van der Waals surface area contributed by atoms with Crippen molar-refractivity contribution in [3.05, 3.63) is 94.0 Å². The van der Waals surface area contributed by atoms with Gasteiger partial charge in [-0.2, -0.15) is 0 Å². The minimum Gasteiger partial charge on any atom is -0.440 e. The predicted octanol–water partition coefficient (Wildman–Crippen LogP) is 5.56. The first-order valence-electron chi connectivity index (χ1n) is 13.3. The molecule has 1 N–H and O–H groups in total. The molecule has 0 fully saturated rings. The van der Waals surface area contributed by atoms with Crippen molar-refractivity contribution < 1.29 is 22.3 Å². The summed E-state index contributed by atoms with van der Waals surface area (Å²) in [6.07, 6.45) is 4.55. The molecule has 0 bridgehead atoms. The molecule has 9 nitrogen and oxygen atoms in total. The van der Waals surface area contributed by atoms with Crippen LogP contribution in [0.25, 0.3) is 39.4 Å². The maximum Gasteiger partial charge on any atom is 0.261 e. The smallest absolute Gasteiger partial charge is 0.261 e. The molecule has 0 saturated heterocycles. The van der Waals surface area contributed by atoms with Gasteiger partial charge in [-0.05, 0) is 75.2 Å². The number of nitrogens with zero attached hydrogens (tertiary/aromatic N) is 4. The molecule has 5 rings (SSSR count). The fourth-order valence-corrected chi connectivity index (χ4v) is 6.07. The van der Waals surface area contributed by atoms with Crippen LogP contribution < -0.4 is 5.56 Å². The van der Waals surface area contributed by atoms with Gasteiger partial charge in [0, 0.05) is 42.7 Å². The Morgan fingerprint density at radius 3 is 2.38 bits per heavy atom. The van der Waals surface area contributed by atoms with Gasteiger partial charge in [-0.25, -0.2) is 22.8 Å². The van der Waals surface area contributed by atoms with E-state index in [-0.39, 0.29) is 27.8 Å². The summed E-state index contributed by atoms with van der Waals surface area (Å²) in [4.78, 5) is 22.4. The van der Waals surface area contributed by atoms with Crippen LogP contribution in [0.5, 0.6) is 0 Å². The van der Waals surface area contributed by atoms with Crippen LogP contribution in [0.2, 0.25) is 0 Å². The highest BCUT2D eigenvalue weighted by molar-refractivity contribution is 7.90. The summed E-state index contributed by atoms with van der Waals surface area (Å²) in [5.41, 5.74) is 3.02. The summed E-state index contributed by atoms with van der Waals surface area (Å²) in [5, 5.41) is 9.67. The van der Waals surface area contributed by atoms with E-state index in [1.54, 1.807) is 42.0 Å². The molecule has 42 heavy (non-hydrogen) atoms. The summed E-state index contributed by atoms with van der Waals surface area (Å²) < 4.78 is 49.6. The average molecular weight is 591 g/mol. The summed E-state index contributed by atoms with van der Waals surface area (Å²) in [6.45, 7) is 8.49. The Balaban J connectivity index is 1.82. The minimum atomic E-state index is -3.85. The van der Waals surface area contributed by atoms with Crippen molar-refractivity contribution in [3.8, 4) is 39.4 Å². The highest BCUT2D eigenvalue weighted by Crippen LogP contribution is 2.38. The van der Waals surface area contributed by atoms with Crippen LogP contribution in [0.1, 0.15) is 42.9 Å². The molecule has 3 heterocycles. The molecule has 0 saturated carbocycles. The topological polar surface area (TPSA) is 120 Å². The maximum absolute atomic E-state index is 15.1. The van der Waals surface area contributed by atoms with Crippen molar-refractivity contribution in [1.82, 2.24) is 19.1 Å². The first kappa shape index (κ1) is 29.2. The highest BCUT2D eigenvalue weighted by atomic mass is 32.2. The van der Waals surface area contributed by atoms with Gasteiger partial charge in [-0.15, -0.1) is 0 Å². The molecule has 0 aliphatic carbocycles. The number of aliphatic hydroxyl groups is 1. The van der Waals surface area contributed by atoms with Gasteiger partial charge >= 0.3 is 0 Å². The van der Waals surface area contributed by atoms with Crippen molar-refractivity contribution in [2.75, 3.05) is 6.26 Å². The van der Waals surface area contributed by atoms with E-state index < -0.39 is 22.3 Å². The van der Waals surface area contributed by atoms with E-state index in [9.17, 15) is 18.3 Å². The van der Waals surface area contributed by atoms with Crippen molar-refractivity contribution in [1.29, 1.82) is 0 Å². The SMILES string of the molecule is Cc1cn(-c2ccc(-c3cc(F)c(CO)c(S(C)(=O)=O)c3)cc2-c2nc(C)oc2-c2cccn(C(C)C)c2=O)c(C)n1. The molecule has 0 spiro atoms. The standard InChI is InChI=1S/C31H31FN4O5S/c1-17(2)35-11-7-8-23(31(35)38)30-29(34-20(5)41-30)24-12-21(9-10-27(24)36-15-18(3)33-19(36)4)22-13-26(32)25(16-37)28(14-22)42(6,39)40/h7-15,17,37H,16H2,1-6H3. The van der Waals surface area contributed by atoms with Gasteiger partial charge in [0.15, 0.2) is 21.5 Å². The molecule has 5 aromatic rings. The number of aliphatic hydroxyl groups excluding tert-OH is 1. The Morgan fingerprint density at radius 2 is 1.76 bits per heavy atom. The van der Waals surface area contributed by atoms with Gasteiger partial charge in [-0.1, -0.05) is 6.07 Å². The largest absolute Gasteiger partial charge is 0.440 e. The Labute approximate surface area is 242 Å². The lowest BCUT2D eigenvalue weighted by molar-refractivity contribution is 0.272.